The van der Waals surface area contributed by atoms with Gasteiger partial charge in [-0.2, -0.15) is 0 Å². The third kappa shape index (κ3) is 6.13. The molecule has 2 saturated carbocycles. The van der Waals surface area contributed by atoms with Gasteiger partial charge in [-0.15, -0.1) is 0 Å². The number of carbonyl (C=O) groups excluding carboxylic acids is 2. The van der Waals surface area contributed by atoms with Gasteiger partial charge in [0.05, 0.1) is 17.1 Å². The topological polar surface area (TPSA) is 146 Å². The molecule has 0 radical (unpaired) electrons. The van der Waals surface area contributed by atoms with Crippen molar-refractivity contribution in [1.29, 1.82) is 0 Å². The van der Waals surface area contributed by atoms with E-state index in [1.54, 1.807) is 13.1 Å². The number of aliphatic hydroxyl groups excluding tert-OH is 1. The normalized spacial score (nSPS) is 23.7. The Bertz CT molecular complexity index is 2130. The van der Waals surface area contributed by atoms with Gasteiger partial charge in [-0.05, 0) is 127 Å². The molecule has 2 amide bonds. The van der Waals surface area contributed by atoms with Gasteiger partial charge in [0.15, 0.2) is 0 Å². The molecule has 0 saturated heterocycles. The van der Waals surface area contributed by atoms with Crippen LogP contribution < -0.4 is 20.9 Å². The fourth-order valence-corrected chi connectivity index (χ4v) is 10.6. The highest BCUT2D eigenvalue weighted by Crippen LogP contribution is 2.52. The molecule has 4 N–H and O–H groups in total. The van der Waals surface area contributed by atoms with Crippen molar-refractivity contribution in [2.24, 2.45) is 11.8 Å². The van der Waals surface area contributed by atoms with Crippen LogP contribution in [-0.4, -0.2) is 39.8 Å². The Labute approximate surface area is 329 Å². The number of allylic oxidation sites excluding steroid dienone is 1. The molecule has 3 atom stereocenters. The lowest BCUT2D eigenvalue weighted by molar-refractivity contribution is -0.127. The minimum Gasteiger partial charge on any atom is -0.511 e. The molecule has 3 unspecified atom stereocenters. The number of anilines is 2. The maximum Gasteiger partial charge on any atom is 0.257 e. The molecular weight excluding hydrogens is 705 g/mol. The van der Waals surface area contributed by atoms with Crippen LogP contribution in [0.3, 0.4) is 0 Å². The summed E-state index contributed by atoms with van der Waals surface area (Å²) in [4.78, 5) is 31.7. The average Bonchev–Trinajstić information content (AvgIpc) is 3.88. The van der Waals surface area contributed by atoms with Gasteiger partial charge in [0.1, 0.15) is 28.4 Å². The third-order valence-corrected chi connectivity index (χ3v) is 13.3. The Morgan fingerprint density at radius 1 is 0.857 bits per heavy atom. The van der Waals surface area contributed by atoms with Crippen molar-refractivity contribution in [3.8, 4) is 22.3 Å². The van der Waals surface area contributed by atoms with Crippen LogP contribution >= 0.6 is 0 Å². The third-order valence-electron chi connectivity index (χ3n) is 13.3. The number of aliphatic hydroxyl groups is 1. The van der Waals surface area contributed by atoms with E-state index in [0.717, 1.165) is 125 Å². The lowest BCUT2D eigenvalue weighted by Gasteiger charge is -2.40. The number of benzene rings is 2. The van der Waals surface area contributed by atoms with Gasteiger partial charge >= 0.3 is 0 Å². The molecule has 11 nitrogen and oxygen atoms in total. The molecule has 0 spiro atoms. The summed E-state index contributed by atoms with van der Waals surface area (Å²) >= 11 is 0. The molecule has 0 bridgehead atoms. The summed E-state index contributed by atoms with van der Waals surface area (Å²) in [6, 6.07) is 12.3. The molecular formula is C45H56N6O5. The molecule has 11 heteroatoms. The van der Waals surface area contributed by atoms with Crippen LogP contribution in [0, 0.1) is 39.5 Å². The van der Waals surface area contributed by atoms with Crippen molar-refractivity contribution in [3.63, 3.8) is 0 Å². The zero-order chi connectivity index (χ0) is 39.4. The Balaban J connectivity index is 1.15. The van der Waals surface area contributed by atoms with E-state index in [2.05, 4.69) is 57.5 Å². The molecule has 296 valence electrons. The van der Waals surface area contributed by atoms with Crippen LogP contribution in [0.4, 0.5) is 11.4 Å². The second kappa shape index (κ2) is 14.9. The van der Waals surface area contributed by atoms with Crippen LogP contribution in [0.2, 0.25) is 0 Å². The average molecular weight is 761 g/mol. The Morgan fingerprint density at radius 3 is 1.96 bits per heavy atom. The first-order valence-corrected chi connectivity index (χ1v) is 20.7. The van der Waals surface area contributed by atoms with Crippen LogP contribution in [0.5, 0.6) is 0 Å². The van der Waals surface area contributed by atoms with Crippen LogP contribution in [-0.2, 0) is 20.7 Å². The summed E-state index contributed by atoms with van der Waals surface area (Å²) in [5.41, 5.74) is 7.09. The standard InChI is InChI=1S/C45H56N6O5/c1-26(21-22-46-44(34-13-9-7-10-14-34)36-23-32(17-19-38(36)48-42(44)53)40-28(3)49-55-30(40)5)51-39-20-18-33(41-29(4)50-56-31(41)6)24-37(39)45(43(51)54,47-25-27(2)52)35-15-11-8-12-16-35/h17-20,23-26,34-35,46-47,52H,7-16,21-22H2,1-6H3,(H,48,53)/b27-25-. The van der Waals surface area contributed by atoms with Gasteiger partial charge in [0.2, 0.25) is 5.91 Å². The number of nitrogens with zero attached hydrogens (tertiary/aromatic N) is 3. The van der Waals surface area contributed by atoms with E-state index in [1.165, 1.54) is 6.42 Å². The first kappa shape index (κ1) is 38.0. The predicted molar refractivity (Wildman–Crippen MR) is 217 cm³/mol. The quantitative estimate of drug-likeness (QED) is 0.110. The number of fused-ring (bicyclic) bond motifs is 2. The summed E-state index contributed by atoms with van der Waals surface area (Å²) in [6.45, 7) is 12.0. The first-order valence-electron chi connectivity index (χ1n) is 20.7. The number of aryl methyl sites for hydroxylation is 4. The van der Waals surface area contributed by atoms with Gasteiger partial charge < -0.3 is 29.7 Å². The van der Waals surface area contributed by atoms with Crippen LogP contribution in [0.1, 0.15) is 119 Å². The van der Waals surface area contributed by atoms with Gasteiger partial charge in [0, 0.05) is 40.2 Å². The summed E-state index contributed by atoms with van der Waals surface area (Å²) in [6.07, 6.45) is 12.5. The SMILES string of the molecule is C/C(O)=C/NC1(C2CCCCC2)C(=O)N(C(C)CCNC2(C3CCCCC3)C(=O)Nc3ccc(-c4c(C)noc4C)cc32)c2ccc(-c3c(C)noc3C)cc21. The molecule has 4 heterocycles. The van der Waals surface area contributed by atoms with E-state index in [4.69, 9.17) is 9.05 Å². The Morgan fingerprint density at radius 2 is 1.41 bits per heavy atom. The van der Waals surface area contributed by atoms with Crippen molar-refractivity contribution in [2.45, 2.75) is 129 Å². The number of nitrogens with one attached hydrogen (secondary N) is 3. The lowest BCUT2D eigenvalue weighted by Crippen LogP contribution is -2.57. The summed E-state index contributed by atoms with van der Waals surface area (Å²) in [5, 5.41) is 29.5. The van der Waals surface area contributed by atoms with Crippen molar-refractivity contribution < 1.29 is 23.7 Å². The fourth-order valence-electron chi connectivity index (χ4n) is 10.6. The molecule has 2 aromatic heterocycles. The number of aromatic nitrogens is 2. The van der Waals surface area contributed by atoms with E-state index < -0.39 is 11.1 Å². The van der Waals surface area contributed by atoms with E-state index in [-0.39, 0.29) is 35.5 Å². The van der Waals surface area contributed by atoms with Crippen molar-refractivity contribution in [1.82, 2.24) is 20.9 Å². The highest BCUT2D eigenvalue weighted by atomic mass is 16.5. The van der Waals surface area contributed by atoms with E-state index >= 15 is 4.79 Å². The Hall–Kier alpha value is -4.90. The number of hydrogen-bond acceptors (Lipinski definition) is 9. The molecule has 4 aliphatic rings. The van der Waals surface area contributed by atoms with Crippen molar-refractivity contribution in [2.75, 3.05) is 16.8 Å². The maximum absolute atomic E-state index is 15.3. The Kier molecular flexibility index (Phi) is 10.1. The van der Waals surface area contributed by atoms with E-state index in [1.807, 2.05) is 44.7 Å². The number of carbonyl (C=O) groups is 2. The summed E-state index contributed by atoms with van der Waals surface area (Å²) in [5.74, 6) is 1.75. The molecule has 2 aliphatic heterocycles. The van der Waals surface area contributed by atoms with Gasteiger partial charge in [0.25, 0.3) is 5.91 Å². The zero-order valence-corrected chi connectivity index (χ0v) is 33.7. The second-order valence-electron chi connectivity index (χ2n) is 16.8. The fraction of sp³-hybridized carbons (Fsp3) is 0.511. The number of rotatable bonds is 11. The van der Waals surface area contributed by atoms with Gasteiger partial charge in [-0.1, -0.05) is 61.0 Å². The highest BCUT2D eigenvalue weighted by molar-refractivity contribution is 6.09. The predicted octanol–water partition coefficient (Wildman–Crippen LogP) is 9.16. The zero-order valence-electron chi connectivity index (χ0n) is 33.7. The lowest BCUT2D eigenvalue weighted by atomic mass is 9.71. The second-order valence-corrected chi connectivity index (χ2v) is 16.8. The monoisotopic (exact) mass is 760 g/mol. The molecule has 2 fully saturated rings. The first-order chi connectivity index (χ1) is 27.0. The molecule has 2 aromatic carbocycles. The van der Waals surface area contributed by atoms with E-state index in [9.17, 15) is 9.90 Å². The van der Waals surface area contributed by atoms with E-state index in [0.29, 0.717) is 13.0 Å². The highest BCUT2D eigenvalue weighted by Gasteiger charge is 2.57. The summed E-state index contributed by atoms with van der Waals surface area (Å²) < 4.78 is 11.1. The maximum atomic E-state index is 15.3. The number of hydrogen-bond donors (Lipinski definition) is 4. The minimum absolute atomic E-state index is 0.00429. The minimum atomic E-state index is -1.06. The molecule has 4 aromatic rings. The van der Waals surface area contributed by atoms with Crippen LogP contribution in [0.25, 0.3) is 22.3 Å². The van der Waals surface area contributed by atoms with Crippen molar-refractivity contribution in [3.05, 3.63) is 82.4 Å². The van der Waals surface area contributed by atoms with Gasteiger partial charge in [-0.3, -0.25) is 14.9 Å². The van der Waals surface area contributed by atoms with Crippen LogP contribution in [0.15, 0.2) is 57.4 Å². The smallest absolute Gasteiger partial charge is 0.257 e. The summed E-state index contributed by atoms with van der Waals surface area (Å²) in [7, 11) is 0. The largest absolute Gasteiger partial charge is 0.511 e. The van der Waals surface area contributed by atoms with Crippen molar-refractivity contribution >= 4 is 23.2 Å². The molecule has 56 heavy (non-hydrogen) atoms. The number of amides is 2. The molecule has 8 rings (SSSR count). The molecule has 2 aliphatic carbocycles. The van der Waals surface area contributed by atoms with Gasteiger partial charge in [-0.25, -0.2) is 0 Å².